The zero-order chi connectivity index (χ0) is 12.7. The molecule has 0 saturated heterocycles. The summed E-state index contributed by atoms with van der Waals surface area (Å²) in [4.78, 5) is 11.1. The van der Waals surface area contributed by atoms with Crippen molar-refractivity contribution in [2.75, 3.05) is 0 Å². The molecule has 0 aromatic heterocycles. The predicted octanol–water partition coefficient (Wildman–Crippen LogP) is 3.19. The van der Waals surface area contributed by atoms with E-state index in [1.165, 1.54) is 25.7 Å². The molecule has 17 heavy (non-hydrogen) atoms. The first-order valence-corrected chi connectivity index (χ1v) is 7.16. The van der Waals surface area contributed by atoms with Gasteiger partial charge in [0.25, 0.3) is 0 Å². The molecule has 0 amide bonds. The molecule has 1 unspecified atom stereocenters. The van der Waals surface area contributed by atoms with Crippen molar-refractivity contribution in [3.05, 3.63) is 0 Å². The second kappa shape index (κ2) is 7.70. The van der Waals surface area contributed by atoms with Crippen LogP contribution in [0.15, 0.2) is 0 Å². The number of aliphatic carboxylic acids is 1. The molecule has 0 aromatic rings. The van der Waals surface area contributed by atoms with E-state index in [9.17, 15) is 4.79 Å². The number of carbonyl (C=O) groups is 1. The number of nitrogens with one attached hydrogen (secondary N) is 1. The highest BCUT2D eigenvalue weighted by molar-refractivity contribution is 5.73. The molecular formula is C14H27NO2. The number of carboxylic acid groups (broad SMARTS) is 1. The Labute approximate surface area is 105 Å². The fourth-order valence-electron chi connectivity index (χ4n) is 2.88. The van der Waals surface area contributed by atoms with Gasteiger partial charge in [-0.15, -0.1) is 0 Å². The minimum absolute atomic E-state index is 0.340. The summed E-state index contributed by atoms with van der Waals surface area (Å²) >= 11 is 0. The number of carboxylic acids is 1. The van der Waals surface area contributed by atoms with E-state index < -0.39 is 5.97 Å². The molecule has 100 valence electrons. The third kappa shape index (κ3) is 5.07. The van der Waals surface area contributed by atoms with Crippen molar-refractivity contribution < 1.29 is 9.90 Å². The van der Waals surface area contributed by atoms with Crippen LogP contribution in [0.25, 0.3) is 0 Å². The smallest absolute Gasteiger partial charge is 0.320 e. The van der Waals surface area contributed by atoms with Crippen LogP contribution in [0.5, 0.6) is 0 Å². The van der Waals surface area contributed by atoms with Gasteiger partial charge < -0.3 is 10.4 Å². The highest BCUT2D eigenvalue weighted by Gasteiger charge is 2.25. The summed E-state index contributed by atoms with van der Waals surface area (Å²) in [6.07, 6.45) is 9.12. The molecule has 1 aliphatic rings. The van der Waals surface area contributed by atoms with Crippen molar-refractivity contribution in [2.45, 2.75) is 77.3 Å². The Morgan fingerprint density at radius 3 is 2.35 bits per heavy atom. The predicted molar refractivity (Wildman–Crippen MR) is 70.1 cm³/mol. The van der Waals surface area contributed by atoms with Crippen LogP contribution in [0.3, 0.4) is 0 Å². The zero-order valence-corrected chi connectivity index (χ0v) is 11.2. The van der Waals surface area contributed by atoms with Crippen LogP contribution >= 0.6 is 0 Å². The molecule has 1 rings (SSSR count). The topological polar surface area (TPSA) is 49.3 Å². The largest absolute Gasteiger partial charge is 0.480 e. The Balaban J connectivity index is 2.30. The fourth-order valence-corrected chi connectivity index (χ4v) is 2.88. The monoisotopic (exact) mass is 241 g/mol. The maximum atomic E-state index is 11.1. The molecule has 0 bridgehead atoms. The molecule has 0 aliphatic heterocycles. The highest BCUT2D eigenvalue weighted by Crippen LogP contribution is 2.28. The van der Waals surface area contributed by atoms with Gasteiger partial charge in [-0.1, -0.05) is 33.1 Å². The molecule has 1 fully saturated rings. The normalized spacial score (nSPS) is 26.7. The second-order valence-corrected chi connectivity index (χ2v) is 5.35. The molecular weight excluding hydrogens is 214 g/mol. The summed E-state index contributed by atoms with van der Waals surface area (Å²) in [5.74, 6) is 0.190. The van der Waals surface area contributed by atoms with Crippen molar-refractivity contribution in [3.63, 3.8) is 0 Å². The molecule has 1 aliphatic carbocycles. The average Bonchev–Trinajstić information content (AvgIpc) is 2.31. The minimum atomic E-state index is -0.692. The van der Waals surface area contributed by atoms with E-state index in [-0.39, 0.29) is 6.04 Å². The van der Waals surface area contributed by atoms with Crippen LogP contribution in [-0.4, -0.2) is 23.2 Å². The van der Waals surface area contributed by atoms with Gasteiger partial charge in [0.15, 0.2) is 0 Å². The van der Waals surface area contributed by atoms with E-state index in [4.69, 9.17) is 5.11 Å². The maximum absolute atomic E-state index is 11.1. The van der Waals surface area contributed by atoms with Crippen LogP contribution in [0, 0.1) is 5.92 Å². The average molecular weight is 241 g/mol. The second-order valence-electron chi connectivity index (χ2n) is 5.35. The van der Waals surface area contributed by atoms with Crippen LogP contribution in [-0.2, 0) is 4.79 Å². The first-order valence-electron chi connectivity index (χ1n) is 7.16. The van der Waals surface area contributed by atoms with Crippen LogP contribution in [0.1, 0.15) is 65.2 Å². The Kier molecular flexibility index (Phi) is 6.56. The first kappa shape index (κ1) is 14.5. The fraction of sp³-hybridized carbons (Fsp3) is 0.929. The van der Waals surface area contributed by atoms with Gasteiger partial charge in [0, 0.05) is 6.04 Å². The Morgan fingerprint density at radius 1 is 1.24 bits per heavy atom. The minimum Gasteiger partial charge on any atom is -0.480 e. The summed E-state index contributed by atoms with van der Waals surface area (Å²) in [6, 6.07) is 0.0866. The van der Waals surface area contributed by atoms with Gasteiger partial charge in [0.1, 0.15) is 6.04 Å². The van der Waals surface area contributed by atoms with Gasteiger partial charge >= 0.3 is 5.97 Å². The Bertz CT molecular complexity index is 222. The summed E-state index contributed by atoms with van der Waals surface area (Å²) in [6.45, 7) is 4.28. The summed E-state index contributed by atoms with van der Waals surface area (Å²) < 4.78 is 0. The van der Waals surface area contributed by atoms with Crippen LogP contribution < -0.4 is 5.32 Å². The molecule has 2 N–H and O–H groups in total. The molecule has 0 radical (unpaired) electrons. The summed E-state index contributed by atoms with van der Waals surface area (Å²) in [5.41, 5.74) is 0. The van der Waals surface area contributed by atoms with Crippen molar-refractivity contribution in [2.24, 2.45) is 5.92 Å². The van der Waals surface area contributed by atoms with E-state index in [1.807, 2.05) is 6.92 Å². The molecule has 0 heterocycles. The molecule has 3 nitrogen and oxygen atoms in total. The van der Waals surface area contributed by atoms with Crippen LogP contribution in [0.2, 0.25) is 0 Å². The van der Waals surface area contributed by atoms with E-state index >= 15 is 0 Å². The van der Waals surface area contributed by atoms with E-state index in [0.29, 0.717) is 6.04 Å². The van der Waals surface area contributed by atoms with Crippen molar-refractivity contribution >= 4 is 5.97 Å². The molecule has 0 spiro atoms. The number of hydrogen-bond acceptors (Lipinski definition) is 2. The van der Waals surface area contributed by atoms with Crippen molar-refractivity contribution in [3.8, 4) is 0 Å². The quantitative estimate of drug-likeness (QED) is 0.719. The Hall–Kier alpha value is -0.570. The molecule has 1 saturated carbocycles. The van der Waals surface area contributed by atoms with Gasteiger partial charge in [0.2, 0.25) is 0 Å². The number of hydrogen-bond donors (Lipinski definition) is 2. The lowest BCUT2D eigenvalue weighted by atomic mass is 9.83. The standard InChI is InChI=1S/C14H27NO2/c1-3-5-11-7-9-12(10-8-11)15-13(6-4-2)14(16)17/h11-13,15H,3-10H2,1-2H3,(H,16,17). The highest BCUT2D eigenvalue weighted by atomic mass is 16.4. The molecule has 0 aromatic carbocycles. The lowest BCUT2D eigenvalue weighted by Gasteiger charge is -2.31. The van der Waals surface area contributed by atoms with Crippen molar-refractivity contribution in [1.29, 1.82) is 0 Å². The van der Waals surface area contributed by atoms with E-state index in [2.05, 4.69) is 12.2 Å². The molecule has 1 atom stereocenters. The summed E-state index contributed by atoms with van der Waals surface area (Å²) in [5, 5.41) is 12.4. The van der Waals surface area contributed by atoms with Crippen LogP contribution in [0.4, 0.5) is 0 Å². The number of rotatable bonds is 7. The lowest BCUT2D eigenvalue weighted by molar-refractivity contribution is -0.140. The Morgan fingerprint density at radius 2 is 1.88 bits per heavy atom. The maximum Gasteiger partial charge on any atom is 0.320 e. The van der Waals surface area contributed by atoms with Gasteiger partial charge in [-0.05, 0) is 38.0 Å². The van der Waals surface area contributed by atoms with Crippen molar-refractivity contribution in [1.82, 2.24) is 5.32 Å². The third-order valence-corrected chi connectivity index (χ3v) is 3.86. The van der Waals surface area contributed by atoms with Gasteiger partial charge in [-0.25, -0.2) is 0 Å². The van der Waals surface area contributed by atoms with E-state index in [1.54, 1.807) is 0 Å². The summed E-state index contributed by atoms with van der Waals surface area (Å²) in [7, 11) is 0. The third-order valence-electron chi connectivity index (χ3n) is 3.86. The SMILES string of the molecule is CCCC1CCC(NC(CCC)C(=O)O)CC1. The first-order chi connectivity index (χ1) is 8.17. The zero-order valence-electron chi connectivity index (χ0n) is 11.2. The van der Waals surface area contributed by atoms with Gasteiger partial charge in [-0.2, -0.15) is 0 Å². The molecule has 3 heteroatoms. The lowest BCUT2D eigenvalue weighted by Crippen LogP contribution is -2.44. The van der Waals surface area contributed by atoms with E-state index in [0.717, 1.165) is 31.6 Å². The van der Waals surface area contributed by atoms with Gasteiger partial charge in [0.05, 0.1) is 0 Å². The van der Waals surface area contributed by atoms with Gasteiger partial charge in [-0.3, -0.25) is 4.79 Å².